The second kappa shape index (κ2) is 7.72. The molecule has 1 fully saturated rings. The standard InChI is InChI=1S/C21H27NO/c1-16(23)21-18(14-13-17-9-7-12-20(17)21)8-3-2-4-10-19-11-5-6-15-22-19/h2,4-6,11,13-15,17-18,20-21H,3,7-10,12H2,1H3/b4-2+/t17-,18+,20+,21+/m0/s1. The Morgan fingerprint density at radius 3 is 2.96 bits per heavy atom. The first-order chi connectivity index (χ1) is 11.3. The van der Waals surface area contributed by atoms with Gasteiger partial charge in [-0.05, 0) is 62.5 Å². The summed E-state index contributed by atoms with van der Waals surface area (Å²) in [4.78, 5) is 16.5. The number of allylic oxidation sites excluding steroid dienone is 4. The molecule has 0 aliphatic heterocycles. The molecule has 0 bridgehead atoms. The average Bonchev–Trinajstić information content (AvgIpc) is 3.03. The fraction of sp³-hybridized carbons (Fsp3) is 0.524. The van der Waals surface area contributed by atoms with Gasteiger partial charge in [-0.2, -0.15) is 0 Å². The average molecular weight is 309 g/mol. The summed E-state index contributed by atoms with van der Waals surface area (Å²) in [6, 6.07) is 6.03. The fourth-order valence-corrected chi connectivity index (χ4v) is 4.43. The van der Waals surface area contributed by atoms with Crippen molar-refractivity contribution in [2.75, 3.05) is 0 Å². The highest BCUT2D eigenvalue weighted by molar-refractivity contribution is 5.79. The van der Waals surface area contributed by atoms with Gasteiger partial charge < -0.3 is 0 Å². The number of rotatable bonds is 6. The monoisotopic (exact) mass is 309 g/mol. The highest BCUT2D eigenvalue weighted by Gasteiger charge is 2.40. The van der Waals surface area contributed by atoms with Crippen molar-refractivity contribution in [3.8, 4) is 0 Å². The number of Topliss-reactive ketones (excluding diaryl/α,β-unsaturated/α-hetero) is 1. The summed E-state index contributed by atoms with van der Waals surface area (Å²) in [6.45, 7) is 1.79. The van der Waals surface area contributed by atoms with Crippen LogP contribution < -0.4 is 0 Å². The number of ketones is 1. The lowest BCUT2D eigenvalue weighted by Crippen LogP contribution is -2.33. The minimum atomic E-state index is 0.261. The minimum absolute atomic E-state index is 0.261. The molecule has 2 aliphatic carbocycles. The van der Waals surface area contributed by atoms with Crippen LogP contribution in [0.25, 0.3) is 0 Å². The van der Waals surface area contributed by atoms with Crippen LogP contribution in [0.3, 0.4) is 0 Å². The summed E-state index contributed by atoms with van der Waals surface area (Å²) < 4.78 is 0. The highest BCUT2D eigenvalue weighted by atomic mass is 16.1. The van der Waals surface area contributed by atoms with E-state index in [0.29, 0.717) is 23.5 Å². The van der Waals surface area contributed by atoms with Gasteiger partial charge in [-0.3, -0.25) is 9.78 Å². The van der Waals surface area contributed by atoms with Crippen LogP contribution in [-0.2, 0) is 11.2 Å². The first-order valence-electron chi connectivity index (χ1n) is 8.99. The van der Waals surface area contributed by atoms with Gasteiger partial charge >= 0.3 is 0 Å². The molecular weight excluding hydrogens is 282 g/mol. The van der Waals surface area contributed by atoms with E-state index >= 15 is 0 Å². The highest BCUT2D eigenvalue weighted by Crippen LogP contribution is 2.45. The van der Waals surface area contributed by atoms with E-state index in [1.807, 2.05) is 18.3 Å². The van der Waals surface area contributed by atoms with Gasteiger partial charge in [-0.15, -0.1) is 0 Å². The second-order valence-corrected chi connectivity index (χ2v) is 7.02. The first kappa shape index (κ1) is 16.2. The number of fused-ring (bicyclic) bond motifs is 1. The molecule has 1 aromatic heterocycles. The van der Waals surface area contributed by atoms with Gasteiger partial charge in [0, 0.05) is 24.2 Å². The van der Waals surface area contributed by atoms with Crippen LogP contribution in [-0.4, -0.2) is 10.8 Å². The van der Waals surface area contributed by atoms with E-state index < -0.39 is 0 Å². The molecule has 1 heterocycles. The zero-order valence-electron chi connectivity index (χ0n) is 14.0. The Morgan fingerprint density at radius 2 is 2.17 bits per heavy atom. The van der Waals surface area contributed by atoms with Gasteiger partial charge in [0.05, 0.1) is 0 Å². The quantitative estimate of drug-likeness (QED) is 0.709. The van der Waals surface area contributed by atoms with Crippen molar-refractivity contribution in [3.63, 3.8) is 0 Å². The molecule has 0 saturated heterocycles. The van der Waals surface area contributed by atoms with Crippen molar-refractivity contribution < 1.29 is 4.79 Å². The van der Waals surface area contributed by atoms with Crippen molar-refractivity contribution in [1.29, 1.82) is 0 Å². The molecule has 2 heteroatoms. The van der Waals surface area contributed by atoms with Crippen LogP contribution in [0.1, 0.15) is 44.7 Å². The third-order valence-electron chi connectivity index (χ3n) is 5.51. The van der Waals surface area contributed by atoms with Crippen molar-refractivity contribution >= 4 is 5.78 Å². The van der Waals surface area contributed by atoms with Crippen LogP contribution in [0.4, 0.5) is 0 Å². The summed E-state index contributed by atoms with van der Waals surface area (Å²) in [7, 11) is 0. The Morgan fingerprint density at radius 1 is 1.26 bits per heavy atom. The Kier molecular flexibility index (Phi) is 5.43. The van der Waals surface area contributed by atoms with E-state index in [0.717, 1.165) is 25.0 Å². The van der Waals surface area contributed by atoms with Gasteiger partial charge in [-0.25, -0.2) is 0 Å². The molecule has 2 aliphatic rings. The number of hydrogen-bond acceptors (Lipinski definition) is 2. The normalized spacial score (nSPS) is 29.8. The molecule has 4 atom stereocenters. The van der Waals surface area contributed by atoms with Crippen molar-refractivity contribution in [2.24, 2.45) is 23.7 Å². The van der Waals surface area contributed by atoms with Gasteiger partial charge in [0.2, 0.25) is 0 Å². The third-order valence-corrected chi connectivity index (χ3v) is 5.51. The predicted molar refractivity (Wildman–Crippen MR) is 93.9 cm³/mol. The zero-order valence-corrected chi connectivity index (χ0v) is 14.0. The number of hydrogen-bond donors (Lipinski definition) is 0. The Hall–Kier alpha value is -1.70. The van der Waals surface area contributed by atoms with Crippen LogP contribution in [0.15, 0.2) is 48.7 Å². The molecule has 3 rings (SSSR count). The smallest absolute Gasteiger partial charge is 0.133 e. The Balaban J connectivity index is 1.52. The molecule has 1 aromatic rings. The molecule has 2 nitrogen and oxygen atoms in total. The summed E-state index contributed by atoms with van der Waals surface area (Å²) in [5.41, 5.74) is 1.11. The molecule has 0 aromatic carbocycles. The molecule has 0 unspecified atom stereocenters. The molecule has 23 heavy (non-hydrogen) atoms. The molecule has 122 valence electrons. The van der Waals surface area contributed by atoms with Gasteiger partial charge in [0.1, 0.15) is 5.78 Å². The second-order valence-electron chi connectivity index (χ2n) is 7.02. The van der Waals surface area contributed by atoms with Crippen molar-refractivity contribution in [2.45, 2.75) is 45.4 Å². The molecule has 1 saturated carbocycles. The van der Waals surface area contributed by atoms with E-state index in [9.17, 15) is 4.79 Å². The molecule has 0 spiro atoms. The van der Waals surface area contributed by atoms with E-state index in [1.54, 1.807) is 6.92 Å². The number of pyridine rings is 1. The number of aromatic nitrogens is 1. The lowest BCUT2D eigenvalue weighted by atomic mass is 9.69. The maximum absolute atomic E-state index is 12.2. The minimum Gasteiger partial charge on any atom is -0.300 e. The summed E-state index contributed by atoms with van der Waals surface area (Å²) in [6.07, 6.45) is 17.9. The maximum atomic E-state index is 12.2. The molecule has 0 amide bonds. The number of carbonyl (C=O) groups excluding carboxylic acids is 1. The van der Waals surface area contributed by atoms with Gasteiger partial charge in [0.15, 0.2) is 0 Å². The number of nitrogens with zero attached hydrogens (tertiary/aromatic N) is 1. The van der Waals surface area contributed by atoms with Crippen LogP contribution in [0.5, 0.6) is 0 Å². The van der Waals surface area contributed by atoms with E-state index in [-0.39, 0.29) is 5.92 Å². The first-order valence-corrected chi connectivity index (χ1v) is 8.99. The van der Waals surface area contributed by atoms with E-state index in [1.165, 1.54) is 19.3 Å². The van der Waals surface area contributed by atoms with Crippen LogP contribution >= 0.6 is 0 Å². The van der Waals surface area contributed by atoms with Crippen molar-refractivity contribution in [3.05, 3.63) is 54.4 Å². The third kappa shape index (κ3) is 3.99. The van der Waals surface area contributed by atoms with Crippen molar-refractivity contribution in [1.82, 2.24) is 4.98 Å². The van der Waals surface area contributed by atoms with Gasteiger partial charge in [0.25, 0.3) is 0 Å². The Bertz CT molecular complexity index is 575. The fourth-order valence-electron chi connectivity index (χ4n) is 4.43. The summed E-state index contributed by atoms with van der Waals surface area (Å²) >= 11 is 0. The molecule has 0 N–H and O–H groups in total. The topological polar surface area (TPSA) is 30.0 Å². The summed E-state index contributed by atoms with van der Waals surface area (Å²) in [5.74, 6) is 2.37. The largest absolute Gasteiger partial charge is 0.300 e. The van der Waals surface area contributed by atoms with E-state index in [4.69, 9.17) is 0 Å². The SMILES string of the molecule is CC(=O)[C@H]1[C@@H]2CCC[C@H]2C=C[C@H]1CC/C=C/Cc1ccccn1. The predicted octanol–water partition coefficient (Wildman–Crippen LogP) is 4.77. The number of carbonyl (C=O) groups is 1. The molecular formula is C21H27NO. The summed E-state index contributed by atoms with van der Waals surface area (Å²) in [5, 5.41) is 0. The van der Waals surface area contributed by atoms with Gasteiger partial charge in [-0.1, -0.05) is 36.8 Å². The van der Waals surface area contributed by atoms with Crippen LogP contribution in [0.2, 0.25) is 0 Å². The Labute approximate surface area is 139 Å². The maximum Gasteiger partial charge on any atom is 0.133 e. The lowest BCUT2D eigenvalue weighted by molar-refractivity contribution is -0.124. The molecule has 0 radical (unpaired) electrons. The zero-order chi connectivity index (χ0) is 16.1. The van der Waals surface area contributed by atoms with Crippen LogP contribution in [0, 0.1) is 23.7 Å². The lowest BCUT2D eigenvalue weighted by Gasteiger charge is -2.34. The van der Waals surface area contributed by atoms with E-state index in [2.05, 4.69) is 35.4 Å².